The molecule has 0 spiro atoms. The molecular weight excluding hydrogens is 349 g/mol. The van der Waals surface area contributed by atoms with E-state index in [2.05, 4.69) is 19.5 Å². The Balaban J connectivity index is 2.09. The molecule has 2 aromatic rings. The number of nitrogens with zero attached hydrogens (tertiary/aromatic N) is 3. The van der Waals surface area contributed by atoms with Crippen LogP contribution in [0.15, 0.2) is 11.1 Å². The number of aliphatic hydroxyl groups excluding tert-OH is 2. The van der Waals surface area contributed by atoms with E-state index in [1.54, 1.807) is 0 Å². The average molecular weight is 361 g/mol. The fraction of sp³-hybridized carbons (Fsp3) is 0.500. The number of imidazole rings is 1. The van der Waals surface area contributed by atoms with Crippen molar-refractivity contribution in [2.75, 3.05) is 12.3 Å². The van der Waals surface area contributed by atoms with Crippen LogP contribution in [0.25, 0.3) is 11.2 Å². The van der Waals surface area contributed by atoms with Crippen molar-refractivity contribution in [3.8, 4) is 0 Å². The van der Waals surface area contributed by atoms with Crippen LogP contribution in [-0.2, 0) is 13.8 Å². The molecule has 1 fully saturated rings. The highest BCUT2D eigenvalue weighted by atomic mass is 31.2. The van der Waals surface area contributed by atoms with Crippen molar-refractivity contribution < 1.29 is 33.8 Å². The summed E-state index contributed by atoms with van der Waals surface area (Å²) in [5.41, 5.74) is 4.61. The number of fused-ring (bicyclic) bond motifs is 1. The number of ether oxygens (including phenoxy) is 1. The topological polar surface area (TPSA) is 212 Å². The summed E-state index contributed by atoms with van der Waals surface area (Å²) >= 11 is 0. The number of aliphatic hydroxyl groups is 2. The van der Waals surface area contributed by atoms with Crippen LogP contribution in [0.1, 0.15) is 6.23 Å². The van der Waals surface area contributed by atoms with Gasteiger partial charge in [-0.2, -0.15) is 4.98 Å². The van der Waals surface area contributed by atoms with Gasteiger partial charge in [0.05, 0.1) is 20.8 Å². The van der Waals surface area contributed by atoms with E-state index in [-0.39, 0.29) is 17.1 Å². The molecule has 132 valence electrons. The minimum atomic E-state index is -5.48. The van der Waals surface area contributed by atoms with Crippen molar-refractivity contribution in [2.45, 2.75) is 24.5 Å². The molecule has 1 aliphatic heterocycles. The quantitative estimate of drug-likeness (QED) is 0.387. The number of H-pyrrole nitrogens is 1. The molecule has 24 heavy (non-hydrogen) atoms. The van der Waals surface area contributed by atoms with Gasteiger partial charge in [0.2, 0.25) is 5.95 Å². The van der Waals surface area contributed by atoms with Crippen molar-refractivity contribution in [1.82, 2.24) is 19.5 Å². The molecule has 0 amide bonds. The zero-order valence-corrected chi connectivity index (χ0v) is 12.7. The number of nitrogens with one attached hydrogen (secondary N) is 1. The molecule has 14 heteroatoms. The van der Waals surface area contributed by atoms with E-state index >= 15 is 0 Å². The summed E-state index contributed by atoms with van der Waals surface area (Å²) in [4.78, 5) is 43.5. The first-order valence-electron chi connectivity index (χ1n) is 6.58. The first-order chi connectivity index (χ1) is 11.2. The summed E-state index contributed by atoms with van der Waals surface area (Å²) in [6.45, 7) is -0.664. The number of rotatable bonds is 4. The molecule has 3 heterocycles. The Labute approximate surface area is 132 Å². The van der Waals surface area contributed by atoms with Crippen LogP contribution in [0.4, 0.5) is 5.95 Å². The van der Waals surface area contributed by atoms with Crippen LogP contribution in [0, 0.1) is 0 Å². The van der Waals surface area contributed by atoms with Gasteiger partial charge >= 0.3 is 0 Å². The van der Waals surface area contributed by atoms with Gasteiger partial charge in [-0.1, -0.05) is 0 Å². The van der Waals surface area contributed by atoms with E-state index < -0.39 is 44.5 Å². The Morgan fingerprint density at radius 1 is 1.54 bits per heavy atom. The number of hydrogen-bond acceptors (Lipinski definition) is 11. The standard InChI is InChI=1S/C10H14N5O8P/c11-10-13-7-4(8(18)14-10)12-2-15(7)9-6(23-24(19,20)21)5(17)3(1-16)22-9/h2-3,5-6,9,16-17H,1H2,(H2,19,20,21)(H3,11,13,14,18)/p-2. The minimum absolute atomic E-state index is 0.0766. The normalized spacial score (nSPS) is 27.8. The summed E-state index contributed by atoms with van der Waals surface area (Å²) in [6, 6.07) is 0. The molecule has 0 radical (unpaired) electrons. The van der Waals surface area contributed by atoms with Crippen LogP contribution in [-0.4, -0.2) is 54.7 Å². The fourth-order valence-electron chi connectivity index (χ4n) is 2.48. The van der Waals surface area contributed by atoms with Crippen LogP contribution in [0.3, 0.4) is 0 Å². The molecule has 2 aromatic heterocycles. The lowest BCUT2D eigenvalue weighted by molar-refractivity contribution is -0.347. The monoisotopic (exact) mass is 361 g/mol. The molecule has 3 rings (SSSR count). The summed E-state index contributed by atoms with van der Waals surface area (Å²) < 4.78 is 21.7. The van der Waals surface area contributed by atoms with Gasteiger partial charge < -0.3 is 39.6 Å². The third kappa shape index (κ3) is 2.93. The molecule has 0 aliphatic carbocycles. The SMILES string of the molecule is Nc1nc2c(ncn2C2OC(CO)C(O)C2OP(=O)([O-])[O-])c(=O)[nH]1. The van der Waals surface area contributed by atoms with E-state index in [4.69, 9.17) is 10.5 Å². The molecule has 0 bridgehead atoms. The maximum Gasteiger partial charge on any atom is 0.280 e. The van der Waals surface area contributed by atoms with E-state index in [0.717, 1.165) is 10.9 Å². The van der Waals surface area contributed by atoms with Crippen LogP contribution >= 0.6 is 7.82 Å². The highest BCUT2D eigenvalue weighted by molar-refractivity contribution is 7.43. The van der Waals surface area contributed by atoms with Gasteiger partial charge in [0, 0.05) is 0 Å². The van der Waals surface area contributed by atoms with Crippen molar-refractivity contribution in [2.24, 2.45) is 0 Å². The average Bonchev–Trinajstić information content (AvgIpc) is 3.00. The first kappa shape index (κ1) is 17.0. The van der Waals surface area contributed by atoms with Gasteiger partial charge in [-0.15, -0.1) is 0 Å². The summed E-state index contributed by atoms with van der Waals surface area (Å²) in [5.74, 6) is -0.234. The van der Waals surface area contributed by atoms with Gasteiger partial charge in [0.1, 0.15) is 18.3 Å². The second-order valence-electron chi connectivity index (χ2n) is 5.03. The first-order valence-corrected chi connectivity index (χ1v) is 8.04. The molecule has 13 nitrogen and oxygen atoms in total. The molecule has 1 saturated heterocycles. The maximum atomic E-state index is 11.8. The largest absolute Gasteiger partial charge is 0.790 e. The van der Waals surface area contributed by atoms with E-state index in [1.807, 2.05) is 0 Å². The molecule has 4 atom stereocenters. The van der Waals surface area contributed by atoms with Crippen molar-refractivity contribution in [1.29, 1.82) is 0 Å². The molecule has 0 saturated carbocycles. The minimum Gasteiger partial charge on any atom is -0.790 e. The number of aromatic nitrogens is 4. The maximum absolute atomic E-state index is 11.8. The van der Waals surface area contributed by atoms with Crippen LogP contribution < -0.4 is 21.1 Å². The number of nitrogens with two attached hydrogens (primary N) is 1. The zero-order chi connectivity index (χ0) is 17.6. The smallest absolute Gasteiger partial charge is 0.280 e. The highest BCUT2D eigenvalue weighted by Gasteiger charge is 2.46. The Hall–Kier alpha value is -1.86. The molecular formula is C10H12N5O8P-2. The fourth-order valence-corrected chi connectivity index (χ4v) is 3.01. The predicted molar refractivity (Wildman–Crippen MR) is 72.0 cm³/mol. The van der Waals surface area contributed by atoms with Crippen LogP contribution in [0.5, 0.6) is 0 Å². The number of phosphoric ester groups is 1. The number of hydrogen-bond donors (Lipinski definition) is 4. The molecule has 1 aliphatic rings. The third-order valence-electron chi connectivity index (χ3n) is 3.47. The van der Waals surface area contributed by atoms with Gasteiger partial charge in [-0.3, -0.25) is 14.3 Å². The molecule has 0 aromatic carbocycles. The Kier molecular flexibility index (Phi) is 4.17. The van der Waals surface area contributed by atoms with Gasteiger partial charge in [0.25, 0.3) is 5.56 Å². The molecule has 5 N–H and O–H groups in total. The van der Waals surface area contributed by atoms with Gasteiger partial charge in [0.15, 0.2) is 17.4 Å². The van der Waals surface area contributed by atoms with E-state index in [1.165, 1.54) is 0 Å². The summed E-state index contributed by atoms with van der Waals surface area (Å²) in [5, 5.41) is 19.2. The van der Waals surface area contributed by atoms with Gasteiger partial charge in [-0.05, 0) is 0 Å². The summed E-state index contributed by atoms with van der Waals surface area (Å²) in [6.07, 6.45) is -4.80. The van der Waals surface area contributed by atoms with Crippen molar-refractivity contribution in [3.05, 3.63) is 16.7 Å². The number of aromatic amines is 1. The second kappa shape index (κ2) is 5.89. The Bertz CT molecular complexity index is 861. The van der Waals surface area contributed by atoms with E-state index in [9.17, 15) is 29.4 Å². The van der Waals surface area contributed by atoms with Crippen LogP contribution in [0.2, 0.25) is 0 Å². The summed E-state index contributed by atoms with van der Waals surface area (Å²) in [7, 11) is -5.48. The van der Waals surface area contributed by atoms with Crippen molar-refractivity contribution >= 4 is 24.9 Å². The molecule has 4 unspecified atom stereocenters. The third-order valence-corrected chi connectivity index (χ3v) is 3.97. The van der Waals surface area contributed by atoms with Gasteiger partial charge in [-0.25, -0.2) is 4.98 Å². The highest BCUT2D eigenvalue weighted by Crippen LogP contribution is 2.40. The lowest BCUT2D eigenvalue weighted by Gasteiger charge is -2.34. The second-order valence-corrected chi connectivity index (χ2v) is 6.14. The van der Waals surface area contributed by atoms with E-state index in [0.29, 0.717) is 0 Å². The predicted octanol–water partition coefficient (Wildman–Crippen LogP) is -3.83. The Morgan fingerprint density at radius 2 is 2.25 bits per heavy atom. The number of anilines is 1. The number of phosphoric acid groups is 1. The van der Waals surface area contributed by atoms with Crippen molar-refractivity contribution in [3.63, 3.8) is 0 Å². The number of nitrogen functional groups attached to an aromatic ring is 1. The zero-order valence-electron chi connectivity index (χ0n) is 11.8. The lowest BCUT2D eigenvalue weighted by Crippen LogP contribution is -2.37. The Morgan fingerprint density at radius 3 is 2.88 bits per heavy atom. The lowest BCUT2D eigenvalue weighted by atomic mass is 10.1.